The van der Waals surface area contributed by atoms with E-state index in [2.05, 4.69) is 0 Å². The van der Waals surface area contributed by atoms with Gasteiger partial charge in [-0.2, -0.15) is 0 Å². The molecule has 1 N–H and O–H groups in total. The Balaban J connectivity index is 1.91. The first kappa shape index (κ1) is 18.5. The molecule has 140 valence electrons. The number of phenolic OH excluding ortho intramolecular Hbond substituents is 1. The van der Waals surface area contributed by atoms with E-state index < -0.39 is 11.4 Å². The predicted octanol–water partition coefficient (Wildman–Crippen LogP) is 3.51. The first-order chi connectivity index (χ1) is 12.4. The summed E-state index contributed by atoms with van der Waals surface area (Å²) in [5, 5.41) is 9.96. The summed E-state index contributed by atoms with van der Waals surface area (Å²) in [7, 11) is 1.37. The monoisotopic (exact) mass is 362 g/mol. The molecule has 3 rings (SSSR count). The van der Waals surface area contributed by atoms with Crippen LogP contribution in [-0.2, 0) is 20.7 Å². The molecule has 1 aliphatic carbocycles. The molecule has 1 aromatic carbocycles. The molecule has 0 bridgehead atoms. The number of hydrogen-bond acceptors (Lipinski definition) is 5. The highest BCUT2D eigenvalue weighted by molar-refractivity contribution is 5.95. The molecule has 0 aromatic heterocycles. The van der Waals surface area contributed by atoms with Gasteiger partial charge in [-0.25, -0.2) is 4.39 Å². The number of carbonyl (C=O) groups is 1. The minimum absolute atomic E-state index is 0.0142. The second kappa shape index (κ2) is 7.11. The van der Waals surface area contributed by atoms with Crippen LogP contribution in [0.15, 0.2) is 36.1 Å². The van der Waals surface area contributed by atoms with Crippen molar-refractivity contribution in [3.63, 3.8) is 0 Å². The van der Waals surface area contributed by atoms with Crippen LogP contribution >= 0.6 is 0 Å². The molecule has 5 nitrogen and oxygen atoms in total. The van der Waals surface area contributed by atoms with E-state index in [4.69, 9.17) is 14.2 Å². The third-order valence-electron chi connectivity index (χ3n) is 5.20. The van der Waals surface area contributed by atoms with E-state index in [0.29, 0.717) is 24.2 Å². The molecule has 1 aliphatic heterocycles. The average Bonchev–Trinajstić information content (AvgIpc) is 3.02. The Bertz CT molecular complexity index is 770. The Morgan fingerprint density at radius 2 is 2.27 bits per heavy atom. The summed E-state index contributed by atoms with van der Waals surface area (Å²) in [5.74, 6) is -0.438. The lowest BCUT2D eigenvalue weighted by Gasteiger charge is -2.38. The summed E-state index contributed by atoms with van der Waals surface area (Å²) < 4.78 is 30.8. The van der Waals surface area contributed by atoms with Crippen molar-refractivity contribution in [2.45, 2.75) is 32.3 Å². The maximum atomic E-state index is 14.4. The van der Waals surface area contributed by atoms with Crippen molar-refractivity contribution in [3.8, 4) is 11.5 Å². The van der Waals surface area contributed by atoms with Gasteiger partial charge in [-0.3, -0.25) is 4.79 Å². The van der Waals surface area contributed by atoms with Crippen molar-refractivity contribution in [2.24, 2.45) is 11.8 Å². The molecule has 1 aromatic rings. The number of aromatic hydroxyl groups is 1. The van der Waals surface area contributed by atoms with E-state index in [1.807, 2.05) is 26.0 Å². The average molecular weight is 362 g/mol. The molecular weight excluding hydrogens is 339 g/mol. The van der Waals surface area contributed by atoms with Crippen LogP contribution in [0.5, 0.6) is 11.5 Å². The van der Waals surface area contributed by atoms with Gasteiger partial charge >= 0.3 is 0 Å². The lowest BCUT2D eigenvalue weighted by Crippen LogP contribution is -2.44. The molecule has 1 saturated heterocycles. The Morgan fingerprint density at radius 3 is 2.96 bits per heavy atom. The summed E-state index contributed by atoms with van der Waals surface area (Å²) in [4.78, 5) is 12.2. The zero-order valence-electron chi connectivity index (χ0n) is 15.1. The number of fused-ring (bicyclic) bond motifs is 1. The fourth-order valence-electron chi connectivity index (χ4n) is 3.76. The minimum atomic E-state index is -0.778. The van der Waals surface area contributed by atoms with E-state index in [-0.39, 0.29) is 35.9 Å². The fourth-order valence-corrected chi connectivity index (χ4v) is 3.76. The normalized spacial score (nSPS) is 26.4. The molecule has 0 unspecified atom stereocenters. The number of halogens is 1. The zero-order chi connectivity index (χ0) is 18.9. The highest BCUT2D eigenvalue weighted by Crippen LogP contribution is 2.46. The second-order valence-electron chi connectivity index (χ2n) is 6.76. The number of benzene rings is 1. The van der Waals surface area contributed by atoms with Crippen molar-refractivity contribution in [2.75, 3.05) is 13.9 Å². The number of ketones is 1. The van der Waals surface area contributed by atoms with E-state index in [9.17, 15) is 14.3 Å². The van der Waals surface area contributed by atoms with Crippen LogP contribution in [0.3, 0.4) is 0 Å². The quantitative estimate of drug-likeness (QED) is 0.812. The topological polar surface area (TPSA) is 65.0 Å². The van der Waals surface area contributed by atoms with Crippen LogP contribution in [-0.4, -0.2) is 30.4 Å². The molecule has 1 heterocycles. The Morgan fingerprint density at radius 1 is 1.50 bits per heavy atom. The fraction of sp³-hybridized carbons (Fsp3) is 0.450. The Labute approximate surface area is 152 Å². The first-order valence-corrected chi connectivity index (χ1v) is 8.62. The van der Waals surface area contributed by atoms with Crippen LogP contribution in [0.4, 0.5) is 4.39 Å². The summed E-state index contributed by atoms with van der Waals surface area (Å²) in [6.45, 7) is 3.87. The third kappa shape index (κ3) is 3.09. The van der Waals surface area contributed by atoms with Crippen molar-refractivity contribution < 1.29 is 28.5 Å². The maximum absolute atomic E-state index is 14.4. The molecular formula is C20H23FO5. The van der Waals surface area contributed by atoms with Crippen LogP contribution in [0.25, 0.3) is 0 Å². The summed E-state index contributed by atoms with van der Waals surface area (Å²) in [5.41, 5.74) is -0.417. The van der Waals surface area contributed by atoms with Gasteiger partial charge in [0.25, 0.3) is 0 Å². The van der Waals surface area contributed by atoms with Crippen molar-refractivity contribution in [3.05, 3.63) is 47.5 Å². The maximum Gasteiger partial charge on any atom is 0.189 e. The van der Waals surface area contributed by atoms with Gasteiger partial charge in [0.15, 0.2) is 24.1 Å². The number of ether oxygens (including phenoxy) is 3. The highest BCUT2D eigenvalue weighted by atomic mass is 19.1. The summed E-state index contributed by atoms with van der Waals surface area (Å²) in [6, 6.07) is 2.54. The van der Waals surface area contributed by atoms with E-state index >= 15 is 0 Å². The van der Waals surface area contributed by atoms with E-state index in [0.717, 1.165) is 0 Å². The molecule has 26 heavy (non-hydrogen) atoms. The van der Waals surface area contributed by atoms with Gasteiger partial charge in [0.1, 0.15) is 17.2 Å². The van der Waals surface area contributed by atoms with E-state index in [1.165, 1.54) is 25.3 Å². The zero-order valence-corrected chi connectivity index (χ0v) is 15.1. The van der Waals surface area contributed by atoms with Gasteiger partial charge in [0.2, 0.25) is 0 Å². The van der Waals surface area contributed by atoms with Gasteiger partial charge in [-0.1, -0.05) is 19.1 Å². The molecule has 0 saturated carbocycles. The number of carbonyl (C=O) groups excluding carboxylic acids is 1. The highest BCUT2D eigenvalue weighted by Gasteiger charge is 2.51. The van der Waals surface area contributed by atoms with Crippen LogP contribution < -0.4 is 4.74 Å². The number of methoxy groups -OCH3 is 1. The molecule has 0 radical (unpaired) electrons. The Kier molecular flexibility index (Phi) is 5.05. The van der Waals surface area contributed by atoms with Gasteiger partial charge < -0.3 is 19.3 Å². The SMILES string of the molecule is CC=C[C@H]1C[C@]2([C@H](C)Cc3cc(O)c(OC)cc3F)OCOC2=CC1=O. The molecule has 2 aliphatic rings. The summed E-state index contributed by atoms with van der Waals surface area (Å²) >= 11 is 0. The van der Waals surface area contributed by atoms with E-state index in [1.54, 1.807) is 0 Å². The number of hydrogen-bond donors (Lipinski definition) is 1. The third-order valence-corrected chi connectivity index (χ3v) is 5.20. The van der Waals surface area contributed by atoms with Gasteiger partial charge in [-0.15, -0.1) is 0 Å². The van der Waals surface area contributed by atoms with Crippen molar-refractivity contribution >= 4 is 5.78 Å². The van der Waals surface area contributed by atoms with Crippen LogP contribution in [0.2, 0.25) is 0 Å². The van der Waals surface area contributed by atoms with Crippen LogP contribution in [0.1, 0.15) is 25.8 Å². The molecule has 0 amide bonds. The summed E-state index contributed by atoms with van der Waals surface area (Å²) in [6.07, 6.45) is 5.97. The largest absolute Gasteiger partial charge is 0.504 e. The number of allylic oxidation sites excluding steroid dienone is 3. The van der Waals surface area contributed by atoms with Crippen molar-refractivity contribution in [1.82, 2.24) is 0 Å². The Hall–Kier alpha value is -2.34. The molecule has 0 spiro atoms. The lowest BCUT2D eigenvalue weighted by molar-refractivity contribution is -0.121. The van der Waals surface area contributed by atoms with Crippen LogP contribution in [0, 0.1) is 17.7 Å². The number of phenols is 1. The predicted molar refractivity (Wildman–Crippen MR) is 93.3 cm³/mol. The van der Waals surface area contributed by atoms with Gasteiger partial charge in [0.05, 0.1) is 7.11 Å². The van der Waals surface area contributed by atoms with Crippen molar-refractivity contribution in [1.29, 1.82) is 0 Å². The lowest BCUT2D eigenvalue weighted by atomic mass is 9.72. The minimum Gasteiger partial charge on any atom is -0.504 e. The molecule has 6 heteroatoms. The smallest absolute Gasteiger partial charge is 0.189 e. The number of rotatable bonds is 5. The van der Waals surface area contributed by atoms with Gasteiger partial charge in [-0.05, 0) is 37.3 Å². The second-order valence-corrected chi connectivity index (χ2v) is 6.76. The first-order valence-electron chi connectivity index (χ1n) is 8.62. The molecule has 1 fully saturated rings. The standard InChI is InChI=1S/C20H23FO5/c1-4-5-13-10-20(19(9-16(13)22)25-11-26-20)12(2)6-14-7-17(23)18(24-3)8-15(14)21/h4-5,7-9,12-13,23H,6,10-11H2,1-3H3/t12-,13+,20-/m1/s1. The van der Waals surface area contributed by atoms with Gasteiger partial charge in [0, 0.05) is 18.1 Å². The molecule has 3 atom stereocenters.